The molecule has 0 radical (unpaired) electrons. The number of halogens is 1. The Kier molecular flexibility index (Phi) is 6.08. The summed E-state index contributed by atoms with van der Waals surface area (Å²) >= 11 is 1.56. The first-order valence-electron chi connectivity index (χ1n) is 9.91. The van der Waals surface area contributed by atoms with Gasteiger partial charge in [-0.1, -0.05) is 16.9 Å². The Bertz CT molecular complexity index is 1170. The maximum absolute atomic E-state index is 13.2. The Labute approximate surface area is 184 Å². The van der Waals surface area contributed by atoms with Gasteiger partial charge in [0, 0.05) is 28.5 Å². The Morgan fingerprint density at radius 3 is 2.35 bits per heavy atom. The van der Waals surface area contributed by atoms with Gasteiger partial charge >= 0.3 is 0 Å². The van der Waals surface area contributed by atoms with Crippen molar-refractivity contribution in [3.05, 3.63) is 65.6 Å². The van der Waals surface area contributed by atoms with Crippen molar-refractivity contribution >= 4 is 11.8 Å². The normalized spacial score (nSPS) is 11.3. The van der Waals surface area contributed by atoms with E-state index in [1.807, 2.05) is 31.2 Å². The Morgan fingerprint density at radius 2 is 1.71 bits per heavy atom. The van der Waals surface area contributed by atoms with Gasteiger partial charge < -0.3 is 9.26 Å². The molecule has 0 amide bonds. The van der Waals surface area contributed by atoms with Gasteiger partial charge in [0.1, 0.15) is 11.6 Å². The number of ether oxygens (including phenoxy) is 1. The lowest BCUT2D eigenvalue weighted by molar-refractivity contribution is 0.415. The van der Waals surface area contributed by atoms with Gasteiger partial charge in [0.2, 0.25) is 0 Å². The molecule has 2 heterocycles. The molecule has 6 nitrogen and oxygen atoms in total. The van der Waals surface area contributed by atoms with Crippen LogP contribution in [0.3, 0.4) is 0 Å². The zero-order valence-electron chi connectivity index (χ0n) is 17.8. The third-order valence-corrected chi connectivity index (χ3v) is 5.95. The van der Waals surface area contributed by atoms with E-state index in [4.69, 9.17) is 9.26 Å². The predicted octanol–water partition coefficient (Wildman–Crippen LogP) is 5.93. The molecule has 2 aromatic heterocycles. The molecule has 0 spiro atoms. The number of aromatic nitrogens is 4. The Morgan fingerprint density at radius 1 is 1.03 bits per heavy atom. The molecule has 0 fully saturated rings. The number of hydrogen-bond acceptors (Lipinski definition) is 6. The lowest BCUT2D eigenvalue weighted by Gasteiger charge is -2.13. The van der Waals surface area contributed by atoms with Gasteiger partial charge in [-0.2, -0.15) is 0 Å². The molecule has 0 aliphatic heterocycles. The smallest absolute Gasteiger partial charge is 0.192 e. The molecule has 160 valence electrons. The predicted molar refractivity (Wildman–Crippen MR) is 119 cm³/mol. The summed E-state index contributed by atoms with van der Waals surface area (Å²) in [7, 11) is 1.65. The summed E-state index contributed by atoms with van der Waals surface area (Å²) in [5, 5.41) is 13.9. The highest BCUT2D eigenvalue weighted by Crippen LogP contribution is 2.33. The summed E-state index contributed by atoms with van der Waals surface area (Å²) in [6.45, 7) is 6.17. The highest BCUT2D eigenvalue weighted by molar-refractivity contribution is 7.98. The second-order valence-corrected chi connectivity index (χ2v) is 8.32. The molecular weight excluding hydrogens is 415 g/mol. The first-order chi connectivity index (χ1) is 15.0. The number of methoxy groups -OCH3 is 1. The molecule has 0 unspecified atom stereocenters. The SMILES string of the molecule is COc1ccc(-c2nnc(SCc3noc(-c4ccc(F)cc4)c3C)n2C(C)C)cc1. The monoisotopic (exact) mass is 438 g/mol. The molecule has 0 N–H and O–H groups in total. The van der Waals surface area contributed by atoms with Crippen molar-refractivity contribution in [1.29, 1.82) is 0 Å². The van der Waals surface area contributed by atoms with Crippen molar-refractivity contribution in [3.63, 3.8) is 0 Å². The number of thioether (sulfide) groups is 1. The van der Waals surface area contributed by atoms with E-state index in [9.17, 15) is 4.39 Å². The molecule has 4 rings (SSSR count). The summed E-state index contributed by atoms with van der Waals surface area (Å²) in [5.41, 5.74) is 3.54. The molecule has 2 aromatic carbocycles. The van der Waals surface area contributed by atoms with E-state index in [0.29, 0.717) is 11.5 Å². The van der Waals surface area contributed by atoms with E-state index < -0.39 is 0 Å². The molecule has 8 heteroatoms. The van der Waals surface area contributed by atoms with Crippen LogP contribution < -0.4 is 4.74 Å². The van der Waals surface area contributed by atoms with Gasteiger partial charge in [-0.3, -0.25) is 4.57 Å². The number of benzene rings is 2. The standard InChI is InChI=1S/C23H23FN4O2S/c1-14(2)28-22(17-7-11-19(29-4)12-8-17)25-26-23(28)31-13-20-15(3)21(30-27-20)16-5-9-18(24)10-6-16/h5-12,14H,13H2,1-4H3. The topological polar surface area (TPSA) is 66.0 Å². The van der Waals surface area contributed by atoms with Gasteiger partial charge in [0.05, 0.1) is 12.8 Å². The fraction of sp³-hybridized carbons (Fsp3) is 0.261. The summed E-state index contributed by atoms with van der Waals surface area (Å²) in [6.07, 6.45) is 0. The van der Waals surface area contributed by atoms with Crippen LogP contribution in [0.25, 0.3) is 22.7 Å². The van der Waals surface area contributed by atoms with Gasteiger partial charge in [-0.25, -0.2) is 4.39 Å². The van der Waals surface area contributed by atoms with Gasteiger partial charge in [0.15, 0.2) is 16.7 Å². The average Bonchev–Trinajstić information content (AvgIpc) is 3.36. The Balaban J connectivity index is 1.56. The van der Waals surface area contributed by atoms with Crippen LogP contribution in [0.5, 0.6) is 5.75 Å². The van der Waals surface area contributed by atoms with E-state index >= 15 is 0 Å². The molecule has 31 heavy (non-hydrogen) atoms. The van der Waals surface area contributed by atoms with Gasteiger partial charge in [-0.05, 0) is 69.3 Å². The van der Waals surface area contributed by atoms with Crippen molar-refractivity contribution in [2.75, 3.05) is 7.11 Å². The first-order valence-corrected chi connectivity index (χ1v) is 10.9. The minimum atomic E-state index is -0.280. The highest BCUT2D eigenvalue weighted by atomic mass is 32.2. The van der Waals surface area contributed by atoms with Crippen molar-refractivity contribution in [1.82, 2.24) is 19.9 Å². The maximum Gasteiger partial charge on any atom is 0.192 e. The molecule has 0 atom stereocenters. The summed E-state index contributed by atoms with van der Waals surface area (Å²) in [6, 6.07) is 14.2. The largest absolute Gasteiger partial charge is 0.497 e. The number of rotatable bonds is 7. The van der Waals surface area contributed by atoms with Crippen molar-refractivity contribution in [2.45, 2.75) is 37.7 Å². The number of nitrogens with zero attached hydrogens (tertiary/aromatic N) is 4. The highest BCUT2D eigenvalue weighted by Gasteiger charge is 2.19. The van der Waals surface area contributed by atoms with Crippen LogP contribution in [0, 0.1) is 12.7 Å². The maximum atomic E-state index is 13.2. The number of hydrogen-bond donors (Lipinski definition) is 0. The van der Waals surface area contributed by atoms with E-state index in [2.05, 4.69) is 33.8 Å². The molecule has 4 aromatic rings. The molecule has 0 saturated carbocycles. The summed E-state index contributed by atoms with van der Waals surface area (Å²) < 4.78 is 26.1. The quantitative estimate of drug-likeness (QED) is 0.333. The zero-order chi connectivity index (χ0) is 22.0. The van der Waals surface area contributed by atoms with Crippen molar-refractivity contribution in [3.8, 4) is 28.5 Å². The first kappa shape index (κ1) is 21.1. The zero-order valence-corrected chi connectivity index (χ0v) is 18.6. The van der Waals surface area contributed by atoms with Crippen molar-refractivity contribution < 1.29 is 13.7 Å². The third kappa shape index (κ3) is 4.34. The minimum Gasteiger partial charge on any atom is -0.497 e. The van der Waals surface area contributed by atoms with Crippen LogP contribution >= 0.6 is 11.8 Å². The van der Waals surface area contributed by atoms with Crippen LogP contribution in [0.2, 0.25) is 0 Å². The summed E-state index contributed by atoms with van der Waals surface area (Å²) in [5.74, 6) is 2.57. The Hall–Kier alpha value is -3.13. The molecule has 0 bridgehead atoms. The second kappa shape index (κ2) is 8.93. The lowest BCUT2D eigenvalue weighted by Crippen LogP contribution is -2.05. The van der Waals surface area contributed by atoms with Crippen molar-refractivity contribution in [2.24, 2.45) is 0 Å². The average molecular weight is 439 g/mol. The van der Waals surface area contributed by atoms with E-state index in [0.717, 1.165) is 39.1 Å². The lowest BCUT2D eigenvalue weighted by atomic mass is 10.1. The minimum absolute atomic E-state index is 0.183. The van der Waals surface area contributed by atoms with Crippen LogP contribution in [0.1, 0.15) is 31.1 Å². The molecule has 0 aliphatic carbocycles. The van der Waals surface area contributed by atoms with Crippen LogP contribution in [0.15, 0.2) is 58.2 Å². The molecular formula is C23H23FN4O2S. The fourth-order valence-electron chi connectivity index (χ4n) is 3.28. The van der Waals surface area contributed by atoms with E-state index in [1.165, 1.54) is 12.1 Å². The summed E-state index contributed by atoms with van der Waals surface area (Å²) in [4.78, 5) is 0. The molecule has 0 aliphatic rings. The van der Waals surface area contributed by atoms with Crippen LogP contribution in [0.4, 0.5) is 4.39 Å². The van der Waals surface area contributed by atoms with Crippen LogP contribution in [-0.2, 0) is 5.75 Å². The fourth-order valence-corrected chi connectivity index (χ4v) is 4.35. The second-order valence-electron chi connectivity index (χ2n) is 7.38. The molecule has 0 saturated heterocycles. The van der Waals surface area contributed by atoms with E-state index in [1.54, 1.807) is 31.0 Å². The van der Waals surface area contributed by atoms with Gasteiger partial charge in [-0.15, -0.1) is 10.2 Å². The third-order valence-electron chi connectivity index (χ3n) is 4.99. The van der Waals surface area contributed by atoms with E-state index in [-0.39, 0.29) is 11.9 Å². The van der Waals surface area contributed by atoms with Crippen LogP contribution in [-0.4, -0.2) is 27.0 Å². The van der Waals surface area contributed by atoms with Gasteiger partial charge in [0.25, 0.3) is 0 Å².